The molecule has 6 nitrogen and oxygen atoms in total. The number of fused-ring (bicyclic) bond motifs is 1. The molecule has 1 atom stereocenters. The fourth-order valence-electron chi connectivity index (χ4n) is 3.80. The van der Waals surface area contributed by atoms with Crippen LogP contribution in [0.1, 0.15) is 42.2 Å². The molecular formula is C21H21F3N4O2. The minimum Gasteiger partial charge on any atom is -0.497 e. The van der Waals surface area contributed by atoms with Gasteiger partial charge in [0.2, 0.25) is 0 Å². The number of piperidine rings is 1. The molecule has 1 amide bonds. The third-order valence-electron chi connectivity index (χ3n) is 5.42. The summed E-state index contributed by atoms with van der Waals surface area (Å²) in [4.78, 5) is 19.2. The number of hydrogen-bond acceptors (Lipinski definition) is 4. The SMILES string of the molecule is COc1cccc(-c2cc(C(F)(F)F)n3ncc(C(=O)N4CCCC[C@@H]4C)c3n2)c1. The third kappa shape index (κ3) is 3.59. The van der Waals surface area contributed by atoms with Crippen LogP contribution in [0.4, 0.5) is 13.2 Å². The molecule has 3 heterocycles. The number of aromatic nitrogens is 3. The summed E-state index contributed by atoms with van der Waals surface area (Å²) in [5.41, 5.74) is -0.483. The molecule has 9 heteroatoms. The first kappa shape index (κ1) is 20.2. The number of halogens is 3. The predicted octanol–water partition coefficient (Wildman–Crippen LogP) is 4.44. The smallest absolute Gasteiger partial charge is 0.433 e. The first-order valence-corrected chi connectivity index (χ1v) is 9.71. The van der Waals surface area contributed by atoms with Gasteiger partial charge < -0.3 is 9.64 Å². The molecule has 0 N–H and O–H groups in total. The van der Waals surface area contributed by atoms with Crippen molar-refractivity contribution in [3.05, 3.63) is 47.8 Å². The first-order valence-electron chi connectivity index (χ1n) is 9.71. The van der Waals surface area contributed by atoms with Crippen molar-refractivity contribution in [1.82, 2.24) is 19.5 Å². The molecule has 30 heavy (non-hydrogen) atoms. The maximum absolute atomic E-state index is 13.8. The van der Waals surface area contributed by atoms with Crippen LogP contribution in [0.25, 0.3) is 16.9 Å². The van der Waals surface area contributed by atoms with Crippen molar-refractivity contribution in [3.63, 3.8) is 0 Å². The van der Waals surface area contributed by atoms with Crippen molar-refractivity contribution in [2.75, 3.05) is 13.7 Å². The molecule has 0 unspecified atom stereocenters. The van der Waals surface area contributed by atoms with Crippen molar-refractivity contribution in [1.29, 1.82) is 0 Å². The number of benzene rings is 1. The summed E-state index contributed by atoms with van der Waals surface area (Å²) < 4.78 is 47.2. The Balaban J connectivity index is 1.88. The monoisotopic (exact) mass is 418 g/mol. The number of ether oxygens (including phenoxy) is 1. The summed E-state index contributed by atoms with van der Waals surface area (Å²) >= 11 is 0. The molecule has 0 spiro atoms. The lowest BCUT2D eigenvalue weighted by Gasteiger charge is -2.33. The zero-order valence-electron chi connectivity index (χ0n) is 16.6. The van der Waals surface area contributed by atoms with E-state index in [0.717, 1.165) is 25.3 Å². The number of amides is 1. The summed E-state index contributed by atoms with van der Waals surface area (Å²) in [5.74, 6) is 0.148. The number of alkyl halides is 3. The Morgan fingerprint density at radius 2 is 2.03 bits per heavy atom. The number of carbonyl (C=O) groups is 1. The van der Waals surface area contributed by atoms with Crippen LogP contribution in [0.5, 0.6) is 5.75 Å². The fraction of sp³-hybridized carbons (Fsp3) is 0.381. The van der Waals surface area contributed by atoms with Crippen molar-refractivity contribution < 1.29 is 22.7 Å². The van der Waals surface area contributed by atoms with Crippen LogP contribution in [0.3, 0.4) is 0 Å². The molecule has 4 rings (SSSR count). The van der Waals surface area contributed by atoms with Gasteiger partial charge in [-0.15, -0.1) is 0 Å². The average molecular weight is 418 g/mol. The van der Waals surface area contributed by atoms with E-state index in [0.29, 0.717) is 22.4 Å². The average Bonchev–Trinajstić information content (AvgIpc) is 3.16. The van der Waals surface area contributed by atoms with Gasteiger partial charge in [0, 0.05) is 18.2 Å². The quantitative estimate of drug-likeness (QED) is 0.631. The molecule has 1 fully saturated rings. The van der Waals surface area contributed by atoms with Crippen LogP contribution < -0.4 is 4.74 Å². The second kappa shape index (κ2) is 7.62. The second-order valence-corrected chi connectivity index (χ2v) is 7.39. The van der Waals surface area contributed by atoms with Gasteiger partial charge in [-0.3, -0.25) is 4.79 Å². The maximum atomic E-state index is 13.8. The predicted molar refractivity (Wildman–Crippen MR) is 104 cm³/mol. The lowest BCUT2D eigenvalue weighted by atomic mass is 10.0. The van der Waals surface area contributed by atoms with E-state index in [1.54, 1.807) is 29.2 Å². The molecular weight excluding hydrogens is 397 g/mol. The van der Waals surface area contributed by atoms with Crippen LogP contribution in [-0.4, -0.2) is 45.1 Å². The standard InChI is InChI=1S/C21H21F3N4O2/c1-13-6-3-4-9-27(13)20(29)16-12-25-28-18(21(22,23)24)11-17(26-19(16)28)14-7-5-8-15(10-14)30-2/h5,7-8,10-13H,3-4,6,9H2,1-2H3/t13-/m0/s1. The van der Waals surface area contributed by atoms with E-state index in [1.807, 2.05) is 6.92 Å². The molecule has 1 aromatic carbocycles. The van der Waals surface area contributed by atoms with Crippen molar-refractivity contribution in [2.45, 2.75) is 38.4 Å². The normalized spacial score (nSPS) is 17.4. The summed E-state index contributed by atoms with van der Waals surface area (Å²) in [6.07, 6.45) is -0.737. The van der Waals surface area contributed by atoms with Crippen LogP contribution in [0.15, 0.2) is 36.5 Å². The van der Waals surface area contributed by atoms with E-state index < -0.39 is 11.9 Å². The van der Waals surface area contributed by atoms with E-state index >= 15 is 0 Å². The van der Waals surface area contributed by atoms with Crippen molar-refractivity contribution in [2.24, 2.45) is 0 Å². The highest BCUT2D eigenvalue weighted by atomic mass is 19.4. The lowest BCUT2D eigenvalue weighted by Crippen LogP contribution is -2.42. The Bertz CT molecular complexity index is 1090. The first-order chi connectivity index (χ1) is 14.3. The summed E-state index contributed by atoms with van der Waals surface area (Å²) in [7, 11) is 1.48. The molecule has 158 valence electrons. The van der Waals surface area contributed by atoms with Crippen LogP contribution in [0, 0.1) is 0 Å². The van der Waals surface area contributed by atoms with Gasteiger partial charge in [-0.1, -0.05) is 12.1 Å². The van der Waals surface area contributed by atoms with E-state index in [-0.39, 0.29) is 28.9 Å². The van der Waals surface area contributed by atoms with Gasteiger partial charge in [-0.2, -0.15) is 18.3 Å². The second-order valence-electron chi connectivity index (χ2n) is 7.39. The van der Waals surface area contributed by atoms with Crippen molar-refractivity contribution >= 4 is 11.6 Å². The highest BCUT2D eigenvalue weighted by Gasteiger charge is 2.36. The molecule has 3 aromatic rings. The van der Waals surface area contributed by atoms with Crippen LogP contribution in [0.2, 0.25) is 0 Å². The van der Waals surface area contributed by atoms with Crippen LogP contribution in [-0.2, 0) is 6.18 Å². The Kier molecular flexibility index (Phi) is 5.13. The van der Waals surface area contributed by atoms with E-state index in [2.05, 4.69) is 10.1 Å². The van der Waals surface area contributed by atoms with E-state index in [4.69, 9.17) is 4.74 Å². The molecule has 1 saturated heterocycles. The Morgan fingerprint density at radius 1 is 1.23 bits per heavy atom. The number of rotatable bonds is 3. The fourth-order valence-corrected chi connectivity index (χ4v) is 3.80. The van der Waals surface area contributed by atoms with Gasteiger partial charge in [0.05, 0.1) is 19.0 Å². The Morgan fingerprint density at radius 3 is 2.73 bits per heavy atom. The minimum atomic E-state index is -4.67. The third-order valence-corrected chi connectivity index (χ3v) is 5.42. The van der Waals surface area contributed by atoms with Gasteiger partial charge in [-0.25, -0.2) is 9.50 Å². The number of methoxy groups -OCH3 is 1. The zero-order valence-corrected chi connectivity index (χ0v) is 16.6. The van der Waals surface area contributed by atoms with Gasteiger partial charge in [-0.05, 0) is 44.4 Å². The Hall–Kier alpha value is -3.10. The molecule has 2 aromatic heterocycles. The molecule has 1 aliphatic heterocycles. The number of nitrogens with zero attached hydrogens (tertiary/aromatic N) is 4. The largest absolute Gasteiger partial charge is 0.497 e. The van der Waals surface area contributed by atoms with Gasteiger partial charge >= 0.3 is 6.18 Å². The molecule has 0 radical (unpaired) electrons. The number of carbonyl (C=O) groups excluding carboxylic acids is 1. The number of likely N-dealkylation sites (tertiary alicyclic amines) is 1. The van der Waals surface area contributed by atoms with Gasteiger partial charge in [0.1, 0.15) is 11.3 Å². The lowest BCUT2D eigenvalue weighted by molar-refractivity contribution is -0.142. The highest BCUT2D eigenvalue weighted by Crippen LogP contribution is 2.34. The minimum absolute atomic E-state index is 0.0184. The van der Waals surface area contributed by atoms with E-state index in [1.165, 1.54) is 13.3 Å². The zero-order chi connectivity index (χ0) is 21.5. The van der Waals surface area contributed by atoms with Crippen LogP contribution >= 0.6 is 0 Å². The van der Waals surface area contributed by atoms with Gasteiger partial charge in [0.25, 0.3) is 5.91 Å². The van der Waals surface area contributed by atoms with E-state index in [9.17, 15) is 18.0 Å². The van der Waals surface area contributed by atoms with Crippen molar-refractivity contribution in [3.8, 4) is 17.0 Å². The topological polar surface area (TPSA) is 59.7 Å². The summed E-state index contributed by atoms with van der Waals surface area (Å²) in [6.45, 7) is 2.51. The summed E-state index contributed by atoms with van der Waals surface area (Å²) in [5, 5.41) is 3.86. The number of hydrogen-bond donors (Lipinski definition) is 0. The highest BCUT2D eigenvalue weighted by molar-refractivity contribution is 6.00. The van der Waals surface area contributed by atoms with Gasteiger partial charge in [0.15, 0.2) is 11.3 Å². The Labute approximate surface area is 171 Å². The maximum Gasteiger partial charge on any atom is 0.433 e. The molecule has 1 aliphatic rings. The molecule has 0 bridgehead atoms. The molecule has 0 saturated carbocycles. The summed E-state index contributed by atoms with van der Waals surface area (Å²) in [6, 6.07) is 7.57. The molecule has 0 aliphatic carbocycles.